The zero-order valence-corrected chi connectivity index (χ0v) is 10.6. The minimum Gasteiger partial charge on any atom is -0.495 e. The van der Waals surface area contributed by atoms with Crippen LogP contribution in [0.3, 0.4) is 0 Å². The molecule has 0 saturated carbocycles. The predicted octanol–water partition coefficient (Wildman–Crippen LogP) is 1.57. The highest BCUT2D eigenvalue weighted by Crippen LogP contribution is 2.27. The summed E-state index contributed by atoms with van der Waals surface area (Å²) in [6.45, 7) is 0. The van der Waals surface area contributed by atoms with Gasteiger partial charge in [-0.25, -0.2) is 0 Å². The second-order valence-corrected chi connectivity index (χ2v) is 4.40. The summed E-state index contributed by atoms with van der Waals surface area (Å²) < 4.78 is 5.02. The average Bonchev–Trinajstić information content (AvgIpc) is 2.76. The number of halogens is 1. The Morgan fingerprint density at radius 3 is 2.89 bits per heavy atom. The molecule has 0 radical (unpaired) electrons. The molecule has 2 rings (SSSR count). The molecule has 0 aromatic heterocycles. The van der Waals surface area contributed by atoms with E-state index in [0.717, 1.165) is 0 Å². The molecule has 96 valence electrons. The smallest absolute Gasteiger partial charge is 0.246 e. The number of anilines is 1. The van der Waals surface area contributed by atoms with E-state index in [1.165, 1.54) is 7.11 Å². The van der Waals surface area contributed by atoms with Gasteiger partial charge in [0.25, 0.3) is 0 Å². The highest BCUT2D eigenvalue weighted by molar-refractivity contribution is 6.32. The van der Waals surface area contributed by atoms with Crippen LogP contribution in [0.25, 0.3) is 0 Å². The third kappa shape index (κ3) is 2.73. The molecule has 0 spiro atoms. The van der Waals surface area contributed by atoms with Crippen LogP contribution in [0, 0.1) is 0 Å². The highest BCUT2D eigenvalue weighted by Gasteiger charge is 2.27. The van der Waals surface area contributed by atoms with Crippen LogP contribution in [0.1, 0.15) is 12.8 Å². The Kier molecular flexibility index (Phi) is 3.72. The van der Waals surface area contributed by atoms with Crippen molar-refractivity contribution in [1.29, 1.82) is 0 Å². The van der Waals surface area contributed by atoms with Crippen LogP contribution in [-0.2, 0) is 9.59 Å². The van der Waals surface area contributed by atoms with Gasteiger partial charge in [0.2, 0.25) is 11.8 Å². The fourth-order valence-electron chi connectivity index (χ4n) is 1.78. The van der Waals surface area contributed by atoms with Gasteiger partial charge in [-0.2, -0.15) is 0 Å². The van der Waals surface area contributed by atoms with Crippen molar-refractivity contribution in [2.75, 3.05) is 12.4 Å². The molecule has 1 saturated heterocycles. The average molecular weight is 269 g/mol. The molecule has 1 aromatic carbocycles. The van der Waals surface area contributed by atoms with E-state index in [1.54, 1.807) is 18.2 Å². The summed E-state index contributed by atoms with van der Waals surface area (Å²) in [7, 11) is 1.52. The minimum atomic E-state index is -0.460. The number of methoxy groups -OCH3 is 1. The predicted molar refractivity (Wildman–Crippen MR) is 67.8 cm³/mol. The van der Waals surface area contributed by atoms with Gasteiger partial charge < -0.3 is 15.4 Å². The van der Waals surface area contributed by atoms with E-state index in [0.29, 0.717) is 29.3 Å². The third-order valence-corrected chi connectivity index (χ3v) is 3.03. The van der Waals surface area contributed by atoms with Gasteiger partial charge in [-0.15, -0.1) is 0 Å². The molecule has 1 aromatic rings. The summed E-state index contributed by atoms with van der Waals surface area (Å²) in [4.78, 5) is 22.8. The molecule has 1 unspecified atom stereocenters. The summed E-state index contributed by atoms with van der Waals surface area (Å²) in [5.74, 6) is 0.217. The molecular weight excluding hydrogens is 256 g/mol. The largest absolute Gasteiger partial charge is 0.495 e. The summed E-state index contributed by atoms with van der Waals surface area (Å²) >= 11 is 5.95. The van der Waals surface area contributed by atoms with Gasteiger partial charge in [0, 0.05) is 12.1 Å². The first kappa shape index (κ1) is 12.7. The topological polar surface area (TPSA) is 67.4 Å². The van der Waals surface area contributed by atoms with Crippen molar-refractivity contribution in [2.24, 2.45) is 0 Å². The Hall–Kier alpha value is -1.75. The van der Waals surface area contributed by atoms with E-state index in [4.69, 9.17) is 16.3 Å². The van der Waals surface area contributed by atoms with Crippen molar-refractivity contribution < 1.29 is 14.3 Å². The van der Waals surface area contributed by atoms with E-state index < -0.39 is 6.04 Å². The van der Waals surface area contributed by atoms with Crippen LogP contribution >= 0.6 is 11.6 Å². The molecule has 2 amide bonds. The zero-order valence-electron chi connectivity index (χ0n) is 9.83. The molecule has 6 heteroatoms. The van der Waals surface area contributed by atoms with Crippen LogP contribution in [-0.4, -0.2) is 25.0 Å². The molecule has 2 N–H and O–H groups in total. The molecule has 1 aliphatic heterocycles. The lowest BCUT2D eigenvalue weighted by Crippen LogP contribution is -2.37. The molecule has 0 bridgehead atoms. The third-order valence-electron chi connectivity index (χ3n) is 2.73. The molecule has 0 aliphatic carbocycles. The lowest BCUT2D eigenvalue weighted by atomic mass is 10.2. The Bertz CT molecular complexity index is 490. The van der Waals surface area contributed by atoms with Crippen molar-refractivity contribution in [1.82, 2.24) is 5.32 Å². The van der Waals surface area contributed by atoms with E-state index in [1.807, 2.05) is 0 Å². The maximum atomic E-state index is 11.8. The van der Waals surface area contributed by atoms with E-state index >= 15 is 0 Å². The number of ether oxygens (including phenoxy) is 1. The van der Waals surface area contributed by atoms with Gasteiger partial charge in [0.05, 0.1) is 12.1 Å². The van der Waals surface area contributed by atoms with Crippen LogP contribution in [0.4, 0.5) is 5.69 Å². The fourth-order valence-corrected chi connectivity index (χ4v) is 2.04. The lowest BCUT2D eigenvalue weighted by Gasteiger charge is -2.12. The molecular formula is C12H13ClN2O3. The zero-order chi connectivity index (χ0) is 13.1. The number of benzene rings is 1. The maximum Gasteiger partial charge on any atom is 0.246 e. The second-order valence-electron chi connectivity index (χ2n) is 4.00. The number of nitrogens with one attached hydrogen (secondary N) is 2. The number of hydrogen-bond acceptors (Lipinski definition) is 3. The van der Waals surface area contributed by atoms with E-state index in [-0.39, 0.29) is 11.8 Å². The van der Waals surface area contributed by atoms with Gasteiger partial charge in [-0.1, -0.05) is 11.6 Å². The van der Waals surface area contributed by atoms with Crippen molar-refractivity contribution in [3.8, 4) is 5.75 Å². The first-order chi connectivity index (χ1) is 8.60. The normalized spacial score (nSPS) is 18.3. The summed E-state index contributed by atoms with van der Waals surface area (Å²) in [5, 5.41) is 5.73. The molecule has 1 fully saturated rings. The standard InChI is InChI=1S/C12H13ClN2O3/c1-18-10-4-2-7(6-8(10)13)14-12(17)9-3-5-11(16)15-9/h2,4,6,9H,3,5H2,1H3,(H,14,17)(H,15,16). The number of amides is 2. The molecule has 18 heavy (non-hydrogen) atoms. The van der Waals surface area contributed by atoms with Gasteiger partial charge in [0.1, 0.15) is 11.8 Å². The van der Waals surface area contributed by atoms with Crippen molar-refractivity contribution in [2.45, 2.75) is 18.9 Å². The van der Waals surface area contributed by atoms with Crippen molar-refractivity contribution in [3.05, 3.63) is 23.2 Å². The SMILES string of the molecule is COc1ccc(NC(=O)C2CCC(=O)N2)cc1Cl. The Morgan fingerprint density at radius 1 is 1.56 bits per heavy atom. The monoisotopic (exact) mass is 268 g/mol. The van der Waals surface area contributed by atoms with E-state index in [2.05, 4.69) is 10.6 Å². The number of rotatable bonds is 3. The van der Waals surface area contributed by atoms with Crippen molar-refractivity contribution in [3.63, 3.8) is 0 Å². The number of hydrogen-bond donors (Lipinski definition) is 2. The molecule has 1 atom stereocenters. The summed E-state index contributed by atoms with van der Waals surface area (Å²) in [5.41, 5.74) is 0.576. The highest BCUT2D eigenvalue weighted by atomic mass is 35.5. The maximum absolute atomic E-state index is 11.8. The Labute approximate surface area is 109 Å². The lowest BCUT2D eigenvalue weighted by molar-refractivity contribution is -0.122. The summed E-state index contributed by atoms with van der Waals surface area (Å²) in [6, 6.07) is 4.51. The molecule has 1 heterocycles. The number of carbonyl (C=O) groups is 2. The number of carbonyl (C=O) groups excluding carboxylic acids is 2. The van der Waals surface area contributed by atoms with E-state index in [9.17, 15) is 9.59 Å². The Morgan fingerprint density at radius 2 is 2.33 bits per heavy atom. The second kappa shape index (κ2) is 5.27. The minimum absolute atomic E-state index is 0.0945. The van der Waals surface area contributed by atoms with Crippen molar-refractivity contribution >= 4 is 29.1 Å². The van der Waals surface area contributed by atoms with Crippen LogP contribution < -0.4 is 15.4 Å². The van der Waals surface area contributed by atoms with Gasteiger partial charge in [-0.05, 0) is 24.6 Å². The van der Waals surface area contributed by atoms with Gasteiger partial charge in [0.15, 0.2) is 0 Å². The quantitative estimate of drug-likeness (QED) is 0.874. The van der Waals surface area contributed by atoms with Gasteiger partial charge >= 0.3 is 0 Å². The summed E-state index contributed by atoms with van der Waals surface area (Å²) in [6.07, 6.45) is 0.913. The first-order valence-electron chi connectivity index (χ1n) is 5.54. The molecule has 1 aliphatic rings. The van der Waals surface area contributed by atoms with Crippen LogP contribution in [0.2, 0.25) is 5.02 Å². The first-order valence-corrected chi connectivity index (χ1v) is 5.91. The fraction of sp³-hybridized carbons (Fsp3) is 0.333. The van der Waals surface area contributed by atoms with Crippen LogP contribution in [0.5, 0.6) is 5.75 Å². The molecule has 5 nitrogen and oxygen atoms in total. The van der Waals surface area contributed by atoms with Gasteiger partial charge in [-0.3, -0.25) is 9.59 Å². The van der Waals surface area contributed by atoms with Crippen LogP contribution in [0.15, 0.2) is 18.2 Å². The Balaban J connectivity index is 2.03.